The van der Waals surface area contributed by atoms with Crippen molar-refractivity contribution in [3.8, 4) is 0 Å². The van der Waals surface area contributed by atoms with Crippen molar-refractivity contribution in [2.24, 2.45) is 0 Å². The van der Waals surface area contributed by atoms with E-state index >= 15 is 0 Å². The van der Waals surface area contributed by atoms with Crippen molar-refractivity contribution in [3.05, 3.63) is 23.8 Å². The highest BCUT2D eigenvalue weighted by Crippen LogP contribution is 2.27. The lowest BCUT2D eigenvalue weighted by molar-refractivity contribution is 0.0526. The van der Waals surface area contributed by atoms with Crippen LogP contribution in [0.4, 0.5) is 11.4 Å². The standard InChI is InChI=1S/C15H22N2O2S/c1-2-19-15(18)11-6-7-13(16)14(9-11)17-10-12-5-3-4-8-20-12/h6-7,9,12,17H,2-5,8,10,16H2,1H3. The molecule has 1 aliphatic rings. The van der Waals surface area contributed by atoms with Crippen LogP contribution in [-0.2, 0) is 4.74 Å². The van der Waals surface area contributed by atoms with Crippen molar-refractivity contribution < 1.29 is 9.53 Å². The van der Waals surface area contributed by atoms with Crippen molar-refractivity contribution in [1.29, 1.82) is 0 Å². The highest BCUT2D eigenvalue weighted by molar-refractivity contribution is 7.99. The Labute approximate surface area is 124 Å². The number of benzene rings is 1. The fourth-order valence-electron chi connectivity index (χ4n) is 2.24. The molecule has 1 saturated heterocycles. The third kappa shape index (κ3) is 4.07. The van der Waals surface area contributed by atoms with E-state index in [0.717, 1.165) is 12.2 Å². The lowest BCUT2D eigenvalue weighted by Crippen LogP contribution is -2.20. The van der Waals surface area contributed by atoms with Gasteiger partial charge in [-0.15, -0.1) is 0 Å². The predicted molar refractivity (Wildman–Crippen MR) is 85.4 cm³/mol. The number of hydrogen-bond donors (Lipinski definition) is 2. The second kappa shape index (κ2) is 7.43. The third-order valence-electron chi connectivity index (χ3n) is 3.36. The second-order valence-electron chi connectivity index (χ2n) is 4.89. The molecule has 4 nitrogen and oxygen atoms in total. The molecule has 1 heterocycles. The van der Waals surface area contributed by atoms with Crippen LogP contribution in [0.2, 0.25) is 0 Å². The molecule has 20 heavy (non-hydrogen) atoms. The summed E-state index contributed by atoms with van der Waals surface area (Å²) in [5, 5.41) is 4.00. The zero-order chi connectivity index (χ0) is 14.4. The Kier molecular flexibility index (Phi) is 5.59. The van der Waals surface area contributed by atoms with Crippen molar-refractivity contribution in [1.82, 2.24) is 0 Å². The van der Waals surface area contributed by atoms with Gasteiger partial charge in [-0.1, -0.05) is 6.42 Å². The van der Waals surface area contributed by atoms with E-state index in [1.54, 1.807) is 25.1 Å². The Morgan fingerprint density at radius 2 is 2.35 bits per heavy atom. The van der Waals surface area contributed by atoms with E-state index in [1.165, 1.54) is 25.0 Å². The van der Waals surface area contributed by atoms with E-state index in [1.807, 2.05) is 11.8 Å². The van der Waals surface area contributed by atoms with Crippen LogP contribution < -0.4 is 11.1 Å². The minimum Gasteiger partial charge on any atom is -0.462 e. The van der Waals surface area contributed by atoms with Crippen LogP contribution in [0.5, 0.6) is 0 Å². The molecule has 1 aromatic rings. The van der Waals surface area contributed by atoms with Gasteiger partial charge in [-0.3, -0.25) is 0 Å². The summed E-state index contributed by atoms with van der Waals surface area (Å²) in [4.78, 5) is 11.7. The fourth-order valence-corrected chi connectivity index (χ4v) is 3.48. The van der Waals surface area contributed by atoms with Gasteiger partial charge in [-0.25, -0.2) is 4.79 Å². The lowest BCUT2D eigenvalue weighted by Gasteiger charge is -2.22. The molecule has 0 spiro atoms. The number of nitrogen functional groups attached to an aromatic ring is 1. The van der Waals surface area contributed by atoms with E-state index in [0.29, 0.717) is 23.1 Å². The second-order valence-corrected chi connectivity index (χ2v) is 6.30. The molecular weight excluding hydrogens is 272 g/mol. The van der Waals surface area contributed by atoms with Crippen LogP contribution >= 0.6 is 11.8 Å². The van der Waals surface area contributed by atoms with E-state index in [-0.39, 0.29) is 5.97 Å². The minimum absolute atomic E-state index is 0.303. The maximum absolute atomic E-state index is 11.7. The van der Waals surface area contributed by atoms with Crippen LogP contribution in [-0.4, -0.2) is 30.1 Å². The van der Waals surface area contributed by atoms with Crippen LogP contribution in [0, 0.1) is 0 Å². The zero-order valence-electron chi connectivity index (χ0n) is 11.9. The molecule has 0 aliphatic carbocycles. The smallest absolute Gasteiger partial charge is 0.338 e. The van der Waals surface area contributed by atoms with Crippen molar-refractivity contribution in [2.45, 2.75) is 31.4 Å². The van der Waals surface area contributed by atoms with Gasteiger partial charge >= 0.3 is 5.97 Å². The third-order valence-corrected chi connectivity index (χ3v) is 4.76. The molecular formula is C15H22N2O2S. The average molecular weight is 294 g/mol. The summed E-state index contributed by atoms with van der Waals surface area (Å²) in [6, 6.07) is 5.23. The maximum Gasteiger partial charge on any atom is 0.338 e. The largest absolute Gasteiger partial charge is 0.462 e. The van der Waals surface area contributed by atoms with Crippen LogP contribution in [0.15, 0.2) is 18.2 Å². The predicted octanol–water partition coefficient (Wildman–Crippen LogP) is 3.14. The van der Waals surface area contributed by atoms with E-state index in [9.17, 15) is 4.79 Å². The number of nitrogens with one attached hydrogen (secondary N) is 1. The molecule has 0 aromatic heterocycles. The first-order valence-corrected chi connectivity index (χ1v) is 8.17. The van der Waals surface area contributed by atoms with E-state index in [4.69, 9.17) is 10.5 Å². The summed E-state index contributed by atoms with van der Waals surface area (Å²) >= 11 is 2.01. The van der Waals surface area contributed by atoms with E-state index in [2.05, 4.69) is 5.32 Å². The molecule has 0 radical (unpaired) electrons. The normalized spacial score (nSPS) is 18.6. The minimum atomic E-state index is -0.303. The number of ether oxygens (including phenoxy) is 1. The summed E-state index contributed by atoms with van der Waals surface area (Å²) in [6.45, 7) is 3.07. The molecule has 5 heteroatoms. The topological polar surface area (TPSA) is 64.3 Å². The summed E-state index contributed by atoms with van der Waals surface area (Å²) < 4.78 is 5.01. The molecule has 1 fully saturated rings. The number of rotatable bonds is 5. The van der Waals surface area contributed by atoms with Gasteiger partial charge in [0.25, 0.3) is 0 Å². The van der Waals surface area contributed by atoms with Gasteiger partial charge in [0, 0.05) is 11.8 Å². The molecule has 3 N–H and O–H groups in total. The van der Waals surface area contributed by atoms with Gasteiger partial charge in [0.15, 0.2) is 0 Å². The number of hydrogen-bond acceptors (Lipinski definition) is 5. The van der Waals surface area contributed by atoms with Gasteiger partial charge in [0.2, 0.25) is 0 Å². The Bertz CT molecular complexity index is 459. The van der Waals surface area contributed by atoms with Crippen LogP contribution in [0.3, 0.4) is 0 Å². The molecule has 1 aromatic carbocycles. The van der Waals surface area contributed by atoms with Crippen molar-refractivity contribution in [2.75, 3.05) is 30.0 Å². The molecule has 110 valence electrons. The number of nitrogens with two attached hydrogens (primary N) is 1. The average Bonchev–Trinajstić information content (AvgIpc) is 2.47. The summed E-state index contributed by atoms with van der Waals surface area (Å²) in [7, 11) is 0. The monoisotopic (exact) mass is 294 g/mol. The summed E-state index contributed by atoms with van der Waals surface area (Å²) in [5.74, 6) is 0.938. The Hall–Kier alpha value is -1.36. The molecule has 0 amide bonds. The van der Waals surface area contributed by atoms with Gasteiger partial charge in [-0.05, 0) is 43.7 Å². The van der Waals surface area contributed by atoms with Gasteiger partial charge in [0.1, 0.15) is 0 Å². The number of carbonyl (C=O) groups excluding carboxylic acids is 1. The SMILES string of the molecule is CCOC(=O)c1ccc(N)c(NCC2CCCCS2)c1. The molecule has 1 atom stereocenters. The van der Waals surface area contributed by atoms with Crippen molar-refractivity contribution in [3.63, 3.8) is 0 Å². The van der Waals surface area contributed by atoms with E-state index < -0.39 is 0 Å². The quantitative estimate of drug-likeness (QED) is 0.645. The zero-order valence-corrected chi connectivity index (χ0v) is 12.7. The lowest BCUT2D eigenvalue weighted by atomic mass is 10.1. The first-order chi connectivity index (χ1) is 9.70. The molecule has 1 aliphatic heterocycles. The highest BCUT2D eigenvalue weighted by Gasteiger charge is 2.15. The number of esters is 1. The van der Waals surface area contributed by atoms with Gasteiger partial charge < -0.3 is 15.8 Å². The summed E-state index contributed by atoms with van der Waals surface area (Å²) in [6.07, 6.45) is 3.87. The molecule has 0 saturated carbocycles. The molecule has 0 bridgehead atoms. The Balaban J connectivity index is 1.98. The van der Waals surface area contributed by atoms with Crippen LogP contribution in [0.1, 0.15) is 36.5 Å². The number of thioether (sulfide) groups is 1. The Morgan fingerprint density at radius 3 is 3.05 bits per heavy atom. The first-order valence-electron chi connectivity index (χ1n) is 7.13. The highest BCUT2D eigenvalue weighted by atomic mass is 32.2. The van der Waals surface area contributed by atoms with Crippen molar-refractivity contribution >= 4 is 29.1 Å². The number of carbonyl (C=O) groups is 1. The number of anilines is 2. The van der Waals surface area contributed by atoms with Crippen LogP contribution in [0.25, 0.3) is 0 Å². The van der Waals surface area contributed by atoms with Gasteiger partial charge in [-0.2, -0.15) is 11.8 Å². The maximum atomic E-state index is 11.7. The first kappa shape index (κ1) is 15.0. The summed E-state index contributed by atoms with van der Waals surface area (Å²) in [5.41, 5.74) is 7.99. The van der Waals surface area contributed by atoms with Gasteiger partial charge in [0.05, 0.1) is 23.5 Å². The Morgan fingerprint density at radius 1 is 1.50 bits per heavy atom. The molecule has 1 unspecified atom stereocenters. The molecule has 2 rings (SSSR count). The fraction of sp³-hybridized carbons (Fsp3) is 0.533.